The zero-order valence-electron chi connectivity index (χ0n) is 17.0. The van der Waals surface area contributed by atoms with Crippen molar-refractivity contribution in [3.63, 3.8) is 0 Å². The zero-order valence-corrected chi connectivity index (χ0v) is 19.3. The van der Waals surface area contributed by atoms with Crippen molar-refractivity contribution in [3.8, 4) is 0 Å². The van der Waals surface area contributed by atoms with Crippen molar-refractivity contribution in [3.05, 3.63) is 0 Å². The van der Waals surface area contributed by atoms with E-state index in [0.717, 1.165) is 19.4 Å². The molecule has 0 saturated carbocycles. The molecule has 0 atom stereocenters. The number of carboxylic acid groups (broad SMARTS) is 3. The van der Waals surface area contributed by atoms with Crippen molar-refractivity contribution in [1.29, 1.82) is 0 Å². The molecule has 0 aromatic rings. The summed E-state index contributed by atoms with van der Waals surface area (Å²) in [5.41, 5.74) is 0. The summed E-state index contributed by atoms with van der Waals surface area (Å²) in [6.45, 7) is 5.99. The molecule has 0 spiro atoms. The third kappa shape index (κ3) is 14.3. The monoisotopic (exact) mass is 557 g/mol. The van der Waals surface area contributed by atoms with Crippen LogP contribution in [0.1, 0.15) is 19.8 Å². The predicted molar refractivity (Wildman–Crippen MR) is 95.7 cm³/mol. The fourth-order valence-corrected chi connectivity index (χ4v) is 3.21. The van der Waals surface area contributed by atoms with E-state index in [2.05, 4.69) is 11.8 Å². The number of hydrogen-bond acceptors (Lipinski definition) is 10. The van der Waals surface area contributed by atoms with E-state index in [9.17, 15) is 29.7 Å². The summed E-state index contributed by atoms with van der Waals surface area (Å²) in [6, 6.07) is 0. The van der Waals surface area contributed by atoms with Gasteiger partial charge in [-0.15, -0.1) is 0 Å². The minimum atomic E-state index is -1.23. The first-order valence-corrected chi connectivity index (χ1v) is 9.79. The Kier molecular flexibility index (Phi) is 16.1. The molecule has 1 rings (SSSR count). The van der Waals surface area contributed by atoms with E-state index >= 15 is 0 Å². The van der Waals surface area contributed by atoms with Crippen LogP contribution in [0.5, 0.6) is 0 Å². The number of carbonyl (C=O) groups is 3. The number of unbranched alkanes of at least 4 members (excludes halogenated alkanes) is 1. The van der Waals surface area contributed by atoms with Gasteiger partial charge in [-0.1, -0.05) is 13.3 Å². The standard InChI is InChI=1S/C18H34N4O6.Gd/c1-2-3-4-19-5-7-20(13-16(23)24)9-11-22(15-18(27)28)12-10-21(8-6-19)14-17(25)26;/h2-15H2,1H3,(H,23,24)(H,25,26)(H,27,28);/q;+3/p-3. The van der Waals surface area contributed by atoms with Crippen molar-refractivity contribution >= 4 is 17.9 Å². The maximum atomic E-state index is 11.0. The summed E-state index contributed by atoms with van der Waals surface area (Å²) in [5, 5.41) is 33.1. The minimum Gasteiger partial charge on any atom is -0.549 e. The van der Waals surface area contributed by atoms with Crippen LogP contribution >= 0.6 is 0 Å². The number of carboxylic acids is 3. The molecule has 0 amide bonds. The average molecular weight is 557 g/mol. The van der Waals surface area contributed by atoms with E-state index in [1.54, 1.807) is 14.7 Å². The number of carbonyl (C=O) groups excluding carboxylic acids is 3. The molecule has 1 aliphatic rings. The second-order valence-corrected chi connectivity index (χ2v) is 7.14. The number of nitrogens with zero attached hydrogens (tertiary/aromatic N) is 4. The first-order valence-electron chi connectivity index (χ1n) is 9.79. The van der Waals surface area contributed by atoms with Crippen LogP contribution in [0, 0.1) is 39.9 Å². The molecule has 29 heavy (non-hydrogen) atoms. The molecule has 0 aromatic carbocycles. The van der Waals surface area contributed by atoms with Gasteiger partial charge in [0.15, 0.2) is 0 Å². The van der Waals surface area contributed by atoms with E-state index in [0.29, 0.717) is 52.4 Å². The molecule has 1 fully saturated rings. The molecular formula is C18H31GdN4O6. The third-order valence-electron chi connectivity index (χ3n) is 4.82. The first kappa shape index (κ1) is 28.6. The van der Waals surface area contributed by atoms with Gasteiger partial charge in [0.05, 0.1) is 17.9 Å². The summed E-state index contributed by atoms with van der Waals surface area (Å²) in [4.78, 5) is 40.4. The maximum Gasteiger partial charge on any atom is 3.00 e. The zero-order chi connectivity index (χ0) is 20.9. The van der Waals surface area contributed by atoms with Crippen LogP contribution in [0.15, 0.2) is 0 Å². The first-order chi connectivity index (χ1) is 13.3. The Labute approximate surface area is 204 Å². The van der Waals surface area contributed by atoms with Gasteiger partial charge in [0.25, 0.3) is 0 Å². The minimum absolute atomic E-state index is 0. The summed E-state index contributed by atoms with van der Waals surface area (Å²) >= 11 is 0. The number of aliphatic carboxylic acids is 3. The van der Waals surface area contributed by atoms with E-state index in [-0.39, 0.29) is 59.6 Å². The Hall–Kier alpha value is -0.425. The van der Waals surface area contributed by atoms with Gasteiger partial charge in [-0.2, -0.15) is 0 Å². The smallest absolute Gasteiger partial charge is 0.549 e. The largest absolute Gasteiger partial charge is 3.00 e. The maximum absolute atomic E-state index is 11.0. The fraction of sp³-hybridized carbons (Fsp3) is 0.833. The predicted octanol–water partition coefficient (Wildman–Crippen LogP) is -4.74. The van der Waals surface area contributed by atoms with Crippen molar-refractivity contribution in [2.45, 2.75) is 19.8 Å². The van der Waals surface area contributed by atoms with E-state index in [1.807, 2.05) is 0 Å². The van der Waals surface area contributed by atoms with Gasteiger partial charge >= 0.3 is 39.9 Å². The quantitative estimate of drug-likeness (QED) is 0.273. The van der Waals surface area contributed by atoms with Crippen LogP contribution in [-0.4, -0.2) is 116 Å². The fourth-order valence-electron chi connectivity index (χ4n) is 3.21. The van der Waals surface area contributed by atoms with Crippen LogP contribution < -0.4 is 15.3 Å². The van der Waals surface area contributed by atoms with Gasteiger partial charge < -0.3 is 34.6 Å². The van der Waals surface area contributed by atoms with Crippen LogP contribution in [0.4, 0.5) is 0 Å². The van der Waals surface area contributed by atoms with Crippen LogP contribution in [0.25, 0.3) is 0 Å². The van der Waals surface area contributed by atoms with Crippen molar-refractivity contribution < 1.29 is 69.6 Å². The molecule has 0 bridgehead atoms. The Bertz CT molecular complexity index is 479. The van der Waals surface area contributed by atoms with Crippen molar-refractivity contribution in [1.82, 2.24) is 19.6 Å². The summed E-state index contributed by atoms with van der Waals surface area (Å²) in [7, 11) is 0. The molecular weight excluding hydrogens is 525 g/mol. The van der Waals surface area contributed by atoms with Crippen LogP contribution in [0.2, 0.25) is 0 Å². The molecule has 10 nitrogen and oxygen atoms in total. The molecule has 0 N–H and O–H groups in total. The Morgan fingerprint density at radius 1 is 0.621 bits per heavy atom. The number of rotatable bonds is 9. The molecule has 0 aromatic heterocycles. The molecule has 11 heteroatoms. The Morgan fingerprint density at radius 3 is 1.14 bits per heavy atom. The van der Waals surface area contributed by atoms with E-state index < -0.39 is 17.9 Å². The van der Waals surface area contributed by atoms with Crippen LogP contribution in [-0.2, 0) is 14.4 Å². The summed E-state index contributed by atoms with van der Waals surface area (Å²) < 4.78 is 0. The van der Waals surface area contributed by atoms with Crippen molar-refractivity contribution in [2.24, 2.45) is 0 Å². The molecule has 167 valence electrons. The Morgan fingerprint density at radius 2 is 0.897 bits per heavy atom. The third-order valence-corrected chi connectivity index (χ3v) is 4.82. The average Bonchev–Trinajstić information content (AvgIpc) is 2.59. The van der Waals surface area contributed by atoms with Gasteiger partial charge in [-0.05, 0) is 13.0 Å². The van der Waals surface area contributed by atoms with Gasteiger partial charge in [0.1, 0.15) is 0 Å². The summed E-state index contributed by atoms with van der Waals surface area (Å²) in [6.07, 6.45) is 2.03. The Balaban J connectivity index is 0.00000784. The van der Waals surface area contributed by atoms with Gasteiger partial charge in [0.2, 0.25) is 0 Å². The number of hydrogen-bond donors (Lipinski definition) is 0. The van der Waals surface area contributed by atoms with E-state index in [4.69, 9.17) is 0 Å². The normalized spacial score (nSPS) is 18.9. The van der Waals surface area contributed by atoms with Gasteiger partial charge in [0, 0.05) is 72.0 Å². The SMILES string of the molecule is CCCCN1CCN(CC(=O)[O-])CCN(CC(=O)[O-])CCN(CC(=O)[O-])CC1.[Gd+3]. The second-order valence-electron chi connectivity index (χ2n) is 7.14. The van der Waals surface area contributed by atoms with E-state index in [1.165, 1.54) is 0 Å². The van der Waals surface area contributed by atoms with Crippen molar-refractivity contribution in [2.75, 3.05) is 78.5 Å². The van der Waals surface area contributed by atoms with Gasteiger partial charge in [-0.25, -0.2) is 0 Å². The summed E-state index contributed by atoms with van der Waals surface area (Å²) in [5.74, 6) is -3.56. The van der Waals surface area contributed by atoms with Crippen LogP contribution in [0.3, 0.4) is 0 Å². The topological polar surface area (TPSA) is 133 Å². The molecule has 1 heterocycles. The van der Waals surface area contributed by atoms with Gasteiger partial charge in [-0.3, -0.25) is 14.7 Å². The second kappa shape index (κ2) is 16.3. The molecule has 1 aliphatic heterocycles. The molecule has 0 aliphatic carbocycles. The molecule has 0 unspecified atom stereocenters. The molecule has 1 radical (unpaired) electrons. The molecule has 1 saturated heterocycles.